The van der Waals surface area contributed by atoms with Crippen LogP contribution in [0.2, 0.25) is 0 Å². The number of benzene rings is 2. The quantitative estimate of drug-likeness (QED) is 0.513. The average molecular weight is 370 g/mol. The molecule has 3 rings (SSSR count). The van der Waals surface area contributed by atoms with Crippen LogP contribution in [0.4, 0.5) is 0 Å². The summed E-state index contributed by atoms with van der Waals surface area (Å²) in [5, 5.41) is 1.53. The molecular weight excluding hydrogens is 364 g/mol. The third kappa shape index (κ3) is 1.75. The zero-order chi connectivity index (χ0) is 12.0. The van der Waals surface area contributed by atoms with Gasteiger partial charge in [-0.1, -0.05) is 12.1 Å². The van der Waals surface area contributed by atoms with E-state index in [0.29, 0.717) is 0 Å². The molecule has 2 aromatic carbocycles. The number of halogens is 2. The van der Waals surface area contributed by atoms with Crippen molar-refractivity contribution in [1.29, 1.82) is 0 Å². The Balaban J connectivity index is 2.66. The van der Waals surface area contributed by atoms with Gasteiger partial charge in [0.1, 0.15) is 0 Å². The predicted octanol–water partition coefficient (Wildman–Crippen LogP) is 4.94. The lowest BCUT2D eigenvalue weighted by atomic mass is 10.2. The molecule has 0 unspecified atom stereocenters. The fourth-order valence-corrected chi connectivity index (χ4v) is 3.90. The summed E-state index contributed by atoms with van der Waals surface area (Å²) in [5.41, 5.74) is 0.0857. The largest absolute Gasteiger partial charge is 0.288 e. The lowest BCUT2D eigenvalue weighted by Gasteiger charge is -2.04. The summed E-state index contributed by atoms with van der Waals surface area (Å²) in [6, 6.07) is 11.6. The van der Waals surface area contributed by atoms with Crippen LogP contribution < -0.4 is 5.43 Å². The highest BCUT2D eigenvalue weighted by Gasteiger charge is 2.10. The van der Waals surface area contributed by atoms with Gasteiger partial charge in [-0.2, -0.15) is 0 Å². The molecule has 0 spiro atoms. The van der Waals surface area contributed by atoms with Gasteiger partial charge in [-0.15, -0.1) is 11.3 Å². The lowest BCUT2D eigenvalue weighted by Crippen LogP contribution is -2.01. The molecule has 0 amide bonds. The van der Waals surface area contributed by atoms with Crippen molar-refractivity contribution in [1.82, 2.24) is 0 Å². The van der Waals surface area contributed by atoms with Crippen LogP contribution in [0.1, 0.15) is 0 Å². The SMILES string of the molecule is O=c1c2ccccc2sc2ccc(Br)c(Br)c12. The highest BCUT2D eigenvalue weighted by Crippen LogP contribution is 2.33. The van der Waals surface area contributed by atoms with Gasteiger partial charge >= 0.3 is 0 Å². The molecule has 0 bridgehead atoms. The highest BCUT2D eigenvalue weighted by atomic mass is 79.9. The molecule has 0 fully saturated rings. The maximum Gasteiger partial charge on any atom is 0.197 e. The fraction of sp³-hybridized carbons (Fsp3) is 0. The topological polar surface area (TPSA) is 17.1 Å². The second-order valence-corrected chi connectivity index (χ2v) is 6.39. The maximum atomic E-state index is 12.4. The fourth-order valence-electron chi connectivity index (χ4n) is 1.83. The summed E-state index contributed by atoms with van der Waals surface area (Å²) in [4.78, 5) is 12.4. The predicted molar refractivity (Wildman–Crippen MR) is 81.0 cm³/mol. The molecule has 0 radical (unpaired) electrons. The Morgan fingerprint density at radius 2 is 1.71 bits per heavy atom. The van der Waals surface area contributed by atoms with Crippen LogP contribution in [0, 0.1) is 0 Å². The first-order valence-corrected chi connectivity index (χ1v) is 7.38. The van der Waals surface area contributed by atoms with Crippen LogP contribution in [-0.2, 0) is 0 Å². The molecular formula is C13H6Br2OS. The monoisotopic (exact) mass is 368 g/mol. The molecule has 4 heteroatoms. The standard InChI is InChI=1S/C13H6Br2OS/c14-8-5-6-10-11(12(8)15)13(16)7-3-1-2-4-9(7)17-10/h1-6H. The Morgan fingerprint density at radius 1 is 0.941 bits per heavy atom. The molecule has 1 aromatic heterocycles. The van der Waals surface area contributed by atoms with E-state index in [0.717, 1.165) is 29.1 Å². The summed E-state index contributed by atoms with van der Waals surface area (Å²) >= 11 is 8.55. The first kappa shape index (κ1) is 11.4. The minimum atomic E-state index is 0.0857. The van der Waals surface area contributed by atoms with Gasteiger partial charge in [0.15, 0.2) is 5.43 Å². The normalized spacial score (nSPS) is 11.2. The molecule has 0 atom stereocenters. The van der Waals surface area contributed by atoms with Crippen molar-refractivity contribution in [3.63, 3.8) is 0 Å². The molecule has 0 saturated carbocycles. The van der Waals surface area contributed by atoms with Gasteiger partial charge in [0.05, 0.1) is 5.39 Å². The Labute approximate surface area is 118 Å². The second kappa shape index (κ2) is 4.19. The first-order valence-electron chi connectivity index (χ1n) is 4.98. The third-order valence-electron chi connectivity index (χ3n) is 2.64. The van der Waals surface area contributed by atoms with E-state index in [-0.39, 0.29) is 5.43 Å². The van der Waals surface area contributed by atoms with E-state index in [1.165, 1.54) is 0 Å². The molecule has 3 aromatic rings. The van der Waals surface area contributed by atoms with Crippen molar-refractivity contribution >= 4 is 63.4 Å². The van der Waals surface area contributed by atoms with Gasteiger partial charge in [0.25, 0.3) is 0 Å². The van der Waals surface area contributed by atoms with Gasteiger partial charge in [-0.25, -0.2) is 0 Å². The molecule has 0 saturated heterocycles. The molecule has 17 heavy (non-hydrogen) atoms. The Morgan fingerprint density at radius 3 is 2.53 bits per heavy atom. The van der Waals surface area contributed by atoms with Crippen LogP contribution >= 0.6 is 43.2 Å². The van der Waals surface area contributed by atoms with E-state index in [4.69, 9.17) is 0 Å². The second-order valence-electron chi connectivity index (χ2n) is 3.66. The first-order chi connectivity index (χ1) is 8.18. The summed E-state index contributed by atoms with van der Waals surface area (Å²) < 4.78 is 3.77. The van der Waals surface area contributed by atoms with Crippen LogP contribution in [-0.4, -0.2) is 0 Å². The summed E-state index contributed by atoms with van der Waals surface area (Å²) in [5.74, 6) is 0. The van der Waals surface area contributed by atoms with Gasteiger partial charge in [0.2, 0.25) is 0 Å². The van der Waals surface area contributed by atoms with Crippen molar-refractivity contribution in [2.75, 3.05) is 0 Å². The van der Waals surface area contributed by atoms with E-state index in [9.17, 15) is 4.79 Å². The van der Waals surface area contributed by atoms with E-state index >= 15 is 0 Å². The molecule has 0 aliphatic rings. The Hall–Kier alpha value is -0.710. The maximum absolute atomic E-state index is 12.4. The number of hydrogen-bond acceptors (Lipinski definition) is 2. The number of hydrogen-bond donors (Lipinski definition) is 0. The van der Waals surface area contributed by atoms with Crippen LogP contribution in [0.5, 0.6) is 0 Å². The van der Waals surface area contributed by atoms with Crippen molar-refractivity contribution in [2.45, 2.75) is 0 Å². The molecule has 0 aliphatic heterocycles. The zero-order valence-corrected chi connectivity index (χ0v) is 12.5. The van der Waals surface area contributed by atoms with E-state index < -0.39 is 0 Å². The average Bonchev–Trinajstić information content (AvgIpc) is 2.34. The minimum absolute atomic E-state index is 0.0857. The van der Waals surface area contributed by atoms with Gasteiger partial charge in [-0.05, 0) is 56.1 Å². The number of fused-ring (bicyclic) bond motifs is 2. The lowest BCUT2D eigenvalue weighted by molar-refractivity contribution is 1.66. The van der Waals surface area contributed by atoms with Crippen molar-refractivity contribution < 1.29 is 0 Å². The summed E-state index contributed by atoms with van der Waals surface area (Å²) in [6.45, 7) is 0. The Kier molecular flexibility index (Phi) is 2.81. The van der Waals surface area contributed by atoms with E-state index in [2.05, 4.69) is 31.9 Å². The van der Waals surface area contributed by atoms with E-state index in [1.807, 2.05) is 36.4 Å². The van der Waals surface area contributed by atoms with E-state index in [1.54, 1.807) is 11.3 Å². The van der Waals surface area contributed by atoms with Crippen LogP contribution in [0.15, 0.2) is 50.1 Å². The molecule has 84 valence electrons. The zero-order valence-electron chi connectivity index (χ0n) is 8.54. The smallest absolute Gasteiger partial charge is 0.197 e. The minimum Gasteiger partial charge on any atom is -0.288 e. The van der Waals surface area contributed by atoms with Crippen LogP contribution in [0.25, 0.3) is 20.2 Å². The van der Waals surface area contributed by atoms with Gasteiger partial charge in [-0.3, -0.25) is 4.79 Å². The highest BCUT2D eigenvalue weighted by molar-refractivity contribution is 9.13. The molecule has 0 N–H and O–H groups in total. The van der Waals surface area contributed by atoms with Crippen molar-refractivity contribution in [3.05, 3.63) is 55.6 Å². The Bertz CT molecular complexity index is 792. The summed E-state index contributed by atoms with van der Waals surface area (Å²) in [6.07, 6.45) is 0. The van der Waals surface area contributed by atoms with Crippen molar-refractivity contribution in [3.8, 4) is 0 Å². The van der Waals surface area contributed by atoms with Gasteiger partial charge < -0.3 is 0 Å². The summed E-state index contributed by atoms with van der Waals surface area (Å²) in [7, 11) is 0. The van der Waals surface area contributed by atoms with Crippen LogP contribution in [0.3, 0.4) is 0 Å². The third-order valence-corrected chi connectivity index (χ3v) is 5.79. The molecule has 0 aliphatic carbocycles. The molecule has 1 nitrogen and oxygen atoms in total. The molecule has 1 heterocycles. The number of rotatable bonds is 0. The van der Waals surface area contributed by atoms with Gasteiger partial charge in [0, 0.05) is 23.7 Å². The van der Waals surface area contributed by atoms with Crippen molar-refractivity contribution in [2.24, 2.45) is 0 Å².